The summed E-state index contributed by atoms with van der Waals surface area (Å²) in [4.78, 5) is 28.6. The van der Waals surface area contributed by atoms with Crippen molar-refractivity contribution in [2.24, 2.45) is 0 Å². The number of hydrogen-bond donors (Lipinski definition) is 1. The maximum Gasteiger partial charge on any atom is 0.288 e. The third-order valence-corrected chi connectivity index (χ3v) is 3.80. The Morgan fingerprint density at radius 1 is 1.57 bits per heavy atom. The zero-order valence-corrected chi connectivity index (χ0v) is 12.3. The fourth-order valence-electron chi connectivity index (χ4n) is 2.23. The lowest BCUT2D eigenvalue weighted by Crippen LogP contribution is -2.41. The van der Waals surface area contributed by atoms with Crippen molar-refractivity contribution in [1.29, 1.82) is 0 Å². The molecule has 1 N–H and O–H groups in total. The van der Waals surface area contributed by atoms with E-state index in [4.69, 9.17) is 0 Å². The van der Waals surface area contributed by atoms with Crippen molar-refractivity contribution in [1.82, 2.24) is 9.88 Å². The smallest absolute Gasteiger partial charge is 0.288 e. The highest BCUT2D eigenvalue weighted by molar-refractivity contribution is 5.99. The molecule has 1 heterocycles. The van der Waals surface area contributed by atoms with E-state index in [9.17, 15) is 14.9 Å². The number of nitrogens with zero attached hydrogens (tertiary/aromatic N) is 3. The van der Waals surface area contributed by atoms with Crippen LogP contribution < -0.4 is 5.32 Å². The second kappa shape index (κ2) is 6.51. The van der Waals surface area contributed by atoms with Crippen molar-refractivity contribution >= 4 is 17.4 Å². The van der Waals surface area contributed by atoms with Crippen molar-refractivity contribution in [3.8, 4) is 0 Å². The molecule has 0 bridgehead atoms. The molecule has 0 unspecified atom stereocenters. The lowest BCUT2D eigenvalue weighted by atomic mass is 9.91. The molecule has 0 aliphatic heterocycles. The predicted molar refractivity (Wildman–Crippen MR) is 79.4 cm³/mol. The van der Waals surface area contributed by atoms with E-state index in [-0.39, 0.29) is 23.2 Å². The molecule has 1 saturated carbocycles. The molecule has 1 amide bonds. The summed E-state index contributed by atoms with van der Waals surface area (Å²) >= 11 is 0. The van der Waals surface area contributed by atoms with Gasteiger partial charge in [-0.3, -0.25) is 14.9 Å². The van der Waals surface area contributed by atoms with E-state index in [1.807, 2.05) is 6.92 Å². The molecule has 1 aromatic rings. The standard InChI is InChI=1S/C14H20N4O3/c1-3-7-15-13-12(8-11(9-16-13)18(20)21)14(19)17(2)10-5-4-6-10/h8-10H,3-7H2,1-2H3,(H,15,16). The minimum atomic E-state index is -0.531. The molecule has 1 fully saturated rings. The fraction of sp³-hybridized carbons (Fsp3) is 0.571. The summed E-state index contributed by atoms with van der Waals surface area (Å²) in [6.45, 7) is 2.67. The van der Waals surface area contributed by atoms with Crippen LogP contribution in [0, 0.1) is 10.1 Å². The monoisotopic (exact) mass is 292 g/mol. The van der Waals surface area contributed by atoms with Crippen LogP contribution in [0.4, 0.5) is 11.5 Å². The lowest BCUT2D eigenvalue weighted by molar-refractivity contribution is -0.385. The summed E-state index contributed by atoms with van der Waals surface area (Å²) in [5, 5.41) is 14.0. The minimum absolute atomic E-state index is 0.164. The van der Waals surface area contributed by atoms with E-state index in [0.717, 1.165) is 25.7 Å². The molecule has 0 atom stereocenters. The Labute approximate surface area is 123 Å². The Morgan fingerprint density at radius 2 is 2.29 bits per heavy atom. The van der Waals surface area contributed by atoms with Gasteiger partial charge in [-0.1, -0.05) is 6.92 Å². The second-order valence-electron chi connectivity index (χ2n) is 5.27. The van der Waals surface area contributed by atoms with E-state index < -0.39 is 4.92 Å². The van der Waals surface area contributed by atoms with Crippen LogP contribution in [0.5, 0.6) is 0 Å². The van der Waals surface area contributed by atoms with E-state index in [1.165, 1.54) is 12.3 Å². The molecular weight excluding hydrogens is 272 g/mol. The molecule has 1 aliphatic rings. The zero-order chi connectivity index (χ0) is 15.4. The quantitative estimate of drug-likeness (QED) is 0.642. The van der Waals surface area contributed by atoms with Gasteiger partial charge in [0.15, 0.2) is 0 Å². The lowest BCUT2D eigenvalue weighted by Gasteiger charge is -2.34. The van der Waals surface area contributed by atoms with Gasteiger partial charge in [0.1, 0.15) is 12.0 Å². The van der Waals surface area contributed by atoms with Crippen LogP contribution in [-0.4, -0.2) is 40.3 Å². The fourth-order valence-corrected chi connectivity index (χ4v) is 2.23. The van der Waals surface area contributed by atoms with E-state index in [0.29, 0.717) is 12.4 Å². The maximum absolute atomic E-state index is 12.6. The molecule has 2 rings (SSSR count). The predicted octanol–water partition coefficient (Wildman–Crippen LogP) is 2.44. The molecule has 21 heavy (non-hydrogen) atoms. The van der Waals surface area contributed by atoms with Gasteiger partial charge in [0.2, 0.25) is 0 Å². The zero-order valence-electron chi connectivity index (χ0n) is 12.3. The average molecular weight is 292 g/mol. The SMILES string of the molecule is CCCNc1ncc([N+](=O)[O-])cc1C(=O)N(C)C1CCC1. The van der Waals surface area contributed by atoms with Gasteiger partial charge in [0.25, 0.3) is 11.6 Å². The first-order valence-electron chi connectivity index (χ1n) is 7.20. The molecule has 1 aromatic heterocycles. The normalized spacial score (nSPS) is 14.4. The minimum Gasteiger partial charge on any atom is -0.369 e. The van der Waals surface area contributed by atoms with Crippen LogP contribution in [0.25, 0.3) is 0 Å². The van der Waals surface area contributed by atoms with Crippen molar-refractivity contribution < 1.29 is 9.72 Å². The molecule has 1 aliphatic carbocycles. The third-order valence-electron chi connectivity index (χ3n) is 3.80. The largest absolute Gasteiger partial charge is 0.369 e. The first-order valence-corrected chi connectivity index (χ1v) is 7.20. The molecule has 0 spiro atoms. The van der Waals surface area contributed by atoms with Crippen LogP contribution in [0.1, 0.15) is 43.0 Å². The number of rotatable bonds is 6. The summed E-state index contributed by atoms with van der Waals surface area (Å²) in [5.74, 6) is 0.202. The van der Waals surface area contributed by atoms with Gasteiger partial charge in [-0.25, -0.2) is 4.98 Å². The van der Waals surface area contributed by atoms with Crippen LogP contribution in [0.15, 0.2) is 12.3 Å². The number of carbonyl (C=O) groups excluding carboxylic acids is 1. The number of nitro groups is 1. The van der Waals surface area contributed by atoms with Crippen LogP contribution in [0.3, 0.4) is 0 Å². The summed E-state index contributed by atoms with van der Waals surface area (Å²) in [6, 6.07) is 1.54. The van der Waals surface area contributed by atoms with Gasteiger partial charge < -0.3 is 10.2 Å². The van der Waals surface area contributed by atoms with E-state index >= 15 is 0 Å². The molecular formula is C14H20N4O3. The number of aromatic nitrogens is 1. The summed E-state index contributed by atoms with van der Waals surface area (Å²) in [6.07, 6.45) is 5.16. The van der Waals surface area contributed by atoms with Gasteiger partial charge in [0, 0.05) is 25.7 Å². The van der Waals surface area contributed by atoms with Crippen molar-refractivity contribution in [2.75, 3.05) is 18.9 Å². The molecule has 0 aromatic carbocycles. The topological polar surface area (TPSA) is 88.4 Å². The second-order valence-corrected chi connectivity index (χ2v) is 5.27. The molecule has 7 nitrogen and oxygen atoms in total. The summed E-state index contributed by atoms with van der Waals surface area (Å²) in [7, 11) is 1.74. The summed E-state index contributed by atoms with van der Waals surface area (Å²) in [5.41, 5.74) is 0.106. The molecule has 7 heteroatoms. The van der Waals surface area contributed by atoms with Crippen molar-refractivity contribution in [2.45, 2.75) is 38.6 Å². The Morgan fingerprint density at radius 3 is 2.81 bits per heavy atom. The van der Waals surface area contributed by atoms with Gasteiger partial charge in [-0.05, 0) is 25.7 Å². The Balaban J connectivity index is 2.29. The highest BCUT2D eigenvalue weighted by Crippen LogP contribution is 2.27. The molecule has 114 valence electrons. The average Bonchev–Trinajstić information content (AvgIpc) is 2.42. The number of pyridine rings is 1. The third kappa shape index (κ3) is 3.29. The number of amides is 1. The van der Waals surface area contributed by atoms with Crippen molar-refractivity contribution in [3.05, 3.63) is 27.9 Å². The number of carbonyl (C=O) groups is 1. The first kappa shape index (κ1) is 15.2. The Kier molecular flexibility index (Phi) is 4.72. The van der Waals surface area contributed by atoms with Gasteiger partial charge in [-0.15, -0.1) is 0 Å². The number of anilines is 1. The number of hydrogen-bond acceptors (Lipinski definition) is 5. The van der Waals surface area contributed by atoms with Crippen LogP contribution >= 0.6 is 0 Å². The maximum atomic E-state index is 12.6. The van der Waals surface area contributed by atoms with Gasteiger partial charge in [0.05, 0.1) is 10.5 Å². The molecule has 0 radical (unpaired) electrons. The van der Waals surface area contributed by atoms with Crippen LogP contribution in [-0.2, 0) is 0 Å². The Hall–Kier alpha value is -2.18. The molecule has 0 saturated heterocycles. The highest BCUT2D eigenvalue weighted by Gasteiger charge is 2.29. The Bertz CT molecular complexity index is 543. The number of nitrogens with one attached hydrogen (secondary N) is 1. The highest BCUT2D eigenvalue weighted by atomic mass is 16.6. The van der Waals surface area contributed by atoms with Gasteiger partial charge >= 0.3 is 0 Å². The van der Waals surface area contributed by atoms with E-state index in [2.05, 4.69) is 10.3 Å². The first-order chi connectivity index (χ1) is 10.0. The van der Waals surface area contributed by atoms with E-state index in [1.54, 1.807) is 11.9 Å². The summed E-state index contributed by atoms with van der Waals surface area (Å²) < 4.78 is 0. The van der Waals surface area contributed by atoms with Crippen molar-refractivity contribution in [3.63, 3.8) is 0 Å². The van der Waals surface area contributed by atoms with Crippen LogP contribution in [0.2, 0.25) is 0 Å². The van der Waals surface area contributed by atoms with Gasteiger partial charge in [-0.2, -0.15) is 0 Å².